The van der Waals surface area contributed by atoms with E-state index in [0.717, 1.165) is 22.9 Å². The first-order valence-corrected chi connectivity index (χ1v) is 12.2. The van der Waals surface area contributed by atoms with Crippen molar-refractivity contribution < 1.29 is 38.5 Å². The van der Waals surface area contributed by atoms with Gasteiger partial charge >= 0.3 is 17.9 Å². The number of carbonyl (C=O) groups excluding carboxylic acids is 3. The van der Waals surface area contributed by atoms with E-state index in [1.807, 2.05) is 20.8 Å². The lowest BCUT2D eigenvalue weighted by Crippen LogP contribution is -2.46. The second kappa shape index (κ2) is 13.9. The zero-order chi connectivity index (χ0) is 28.4. The van der Waals surface area contributed by atoms with Gasteiger partial charge in [0.2, 0.25) is 0 Å². The molecule has 0 heterocycles. The van der Waals surface area contributed by atoms with Crippen molar-refractivity contribution in [1.82, 2.24) is 0 Å². The molecule has 0 amide bonds. The van der Waals surface area contributed by atoms with Crippen LogP contribution in [0, 0.1) is 20.8 Å². The molecule has 0 aliphatic heterocycles. The Hall–Kier alpha value is -4.50. The Kier molecular flexibility index (Phi) is 10.3. The van der Waals surface area contributed by atoms with E-state index in [1.165, 1.54) is 7.11 Å². The van der Waals surface area contributed by atoms with Crippen molar-refractivity contribution in [2.24, 2.45) is 5.16 Å². The van der Waals surface area contributed by atoms with Crippen LogP contribution in [0.5, 0.6) is 0 Å². The van der Waals surface area contributed by atoms with Gasteiger partial charge in [-0.05, 0) is 57.2 Å². The standard InChI is InChI=1S/C30H31NO8/c1-19-5-11-22(12-6-19)28(33)37-18-25(32)27(39-30(35)24-15-9-21(3)10-16-24)26(17-31-36-4)38-29(34)23-13-7-20(2)8-14-23/h5-17,25-27,32H,18H2,1-4H3/t25-,26+,27-/m0/s1. The Labute approximate surface area is 227 Å². The van der Waals surface area contributed by atoms with Crippen LogP contribution in [0.25, 0.3) is 0 Å². The lowest BCUT2D eigenvalue weighted by atomic mass is 10.1. The first-order valence-electron chi connectivity index (χ1n) is 12.2. The SMILES string of the molecule is CON=C[C@@H](OC(=O)c1ccc(C)cc1)[C@@H](OC(=O)c1ccc(C)cc1)[C@@H](O)COC(=O)c1ccc(C)cc1. The Morgan fingerprint density at radius 2 is 1.13 bits per heavy atom. The van der Waals surface area contributed by atoms with E-state index >= 15 is 0 Å². The van der Waals surface area contributed by atoms with E-state index in [9.17, 15) is 19.5 Å². The minimum Gasteiger partial charge on any atom is -0.459 e. The van der Waals surface area contributed by atoms with Crippen molar-refractivity contribution in [3.05, 3.63) is 106 Å². The molecule has 0 unspecified atom stereocenters. The molecule has 0 bridgehead atoms. The number of aryl methyl sites for hydroxylation is 3. The molecule has 39 heavy (non-hydrogen) atoms. The van der Waals surface area contributed by atoms with Crippen LogP contribution in [0.1, 0.15) is 47.8 Å². The first kappa shape index (κ1) is 29.1. The molecule has 9 nitrogen and oxygen atoms in total. The largest absolute Gasteiger partial charge is 0.459 e. The van der Waals surface area contributed by atoms with Crippen molar-refractivity contribution in [3.8, 4) is 0 Å². The third-order valence-corrected chi connectivity index (χ3v) is 5.75. The van der Waals surface area contributed by atoms with E-state index < -0.39 is 42.8 Å². The number of nitrogens with zero attached hydrogens (tertiary/aromatic N) is 1. The average Bonchev–Trinajstić information content (AvgIpc) is 2.93. The average molecular weight is 534 g/mol. The summed E-state index contributed by atoms with van der Waals surface area (Å²) in [7, 11) is 1.28. The number of ether oxygens (including phenoxy) is 3. The van der Waals surface area contributed by atoms with Gasteiger partial charge in [0, 0.05) is 0 Å². The molecule has 0 saturated heterocycles. The van der Waals surface area contributed by atoms with Crippen LogP contribution in [-0.2, 0) is 19.0 Å². The summed E-state index contributed by atoms with van der Waals surface area (Å²) in [6.07, 6.45) is -3.39. The van der Waals surface area contributed by atoms with Gasteiger partial charge in [0.25, 0.3) is 0 Å². The highest BCUT2D eigenvalue weighted by atomic mass is 16.6. The summed E-state index contributed by atoms with van der Waals surface area (Å²) < 4.78 is 16.5. The number of aliphatic hydroxyl groups excluding tert-OH is 1. The Balaban J connectivity index is 1.85. The molecule has 3 rings (SSSR count). The van der Waals surface area contributed by atoms with Gasteiger partial charge in [0.15, 0.2) is 12.2 Å². The molecule has 0 aliphatic rings. The van der Waals surface area contributed by atoms with Gasteiger partial charge in [0.05, 0.1) is 22.9 Å². The van der Waals surface area contributed by atoms with Crippen LogP contribution in [0.4, 0.5) is 0 Å². The number of esters is 3. The van der Waals surface area contributed by atoms with Crippen LogP contribution in [-0.4, -0.2) is 61.3 Å². The fraction of sp³-hybridized carbons (Fsp3) is 0.267. The highest BCUT2D eigenvalue weighted by Crippen LogP contribution is 2.17. The van der Waals surface area contributed by atoms with Gasteiger partial charge in [-0.1, -0.05) is 58.2 Å². The van der Waals surface area contributed by atoms with Gasteiger partial charge in [-0.25, -0.2) is 14.4 Å². The zero-order valence-corrected chi connectivity index (χ0v) is 22.2. The van der Waals surface area contributed by atoms with Crippen molar-refractivity contribution >= 4 is 24.1 Å². The van der Waals surface area contributed by atoms with Gasteiger partial charge < -0.3 is 24.2 Å². The maximum Gasteiger partial charge on any atom is 0.338 e. The number of aliphatic hydroxyl groups is 1. The quantitative estimate of drug-likeness (QED) is 0.168. The van der Waals surface area contributed by atoms with E-state index in [2.05, 4.69) is 5.16 Å². The molecule has 0 radical (unpaired) electrons. The maximum absolute atomic E-state index is 13.0. The van der Waals surface area contributed by atoms with Crippen molar-refractivity contribution in [2.45, 2.75) is 39.1 Å². The minimum atomic E-state index is -1.59. The van der Waals surface area contributed by atoms with E-state index in [4.69, 9.17) is 19.0 Å². The normalized spacial score (nSPS) is 13.3. The monoisotopic (exact) mass is 533 g/mol. The van der Waals surface area contributed by atoms with Crippen LogP contribution in [0.3, 0.4) is 0 Å². The summed E-state index contributed by atoms with van der Waals surface area (Å²) in [4.78, 5) is 43.1. The van der Waals surface area contributed by atoms with Crippen molar-refractivity contribution in [2.75, 3.05) is 13.7 Å². The van der Waals surface area contributed by atoms with Crippen LogP contribution in [0.15, 0.2) is 78.0 Å². The Morgan fingerprint density at radius 1 is 0.718 bits per heavy atom. The maximum atomic E-state index is 13.0. The molecule has 9 heteroatoms. The summed E-state index contributed by atoms with van der Waals surface area (Å²) in [5.74, 6) is -2.22. The summed E-state index contributed by atoms with van der Waals surface area (Å²) in [5, 5.41) is 14.7. The molecule has 0 aromatic heterocycles. The van der Waals surface area contributed by atoms with E-state index in [-0.39, 0.29) is 16.7 Å². The van der Waals surface area contributed by atoms with Crippen LogP contribution >= 0.6 is 0 Å². The lowest BCUT2D eigenvalue weighted by molar-refractivity contribution is -0.0784. The second-order valence-electron chi connectivity index (χ2n) is 8.94. The molecule has 3 aromatic carbocycles. The van der Waals surface area contributed by atoms with Gasteiger partial charge in [-0.3, -0.25) is 0 Å². The summed E-state index contributed by atoms with van der Waals surface area (Å²) in [6.45, 7) is 5.06. The van der Waals surface area contributed by atoms with Crippen LogP contribution in [0.2, 0.25) is 0 Å². The topological polar surface area (TPSA) is 121 Å². The smallest absolute Gasteiger partial charge is 0.338 e. The van der Waals surface area contributed by atoms with Gasteiger partial charge in [-0.2, -0.15) is 0 Å². The predicted molar refractivity (Wildman–Crippen MR) is 144 cm³/mol. The third kappa shape index (κ3) is 8.51. The molecule has 0 spiro atoms. The Morgan fingerprint density at radius 3 is 1.56 bits per heavy atom. The highest BCUT2D eigenvalue weighted by Gasteiger charge is 2.36. The molecule has 3 atom stereocenters. The summed E-state index contributed by atoms with van der Waals surface area (Å²) in [6, 6.07) is 19.9. The van der Waals surface area contributed by atoms with Crippen LogP contribution < -0.4 is 0 Å². The fourth-order valence-corrected chi connectivity index (χ4v) is 3.46. The second-order valence-corrected chi connectivity index (χ2v) is 8.94. The minimum absolute atomic E-state index is 0.210. The van der Waals surface area contributed by atoms with Gasteiger partial charge in [0.1, 0.15) is 19.8 Å². The molecule has 0 saturated carbocycles. The van der Waals surface area contributed by atoms with Gasteiger partial charge in [-0.15, -0.1) is 0 Å². The molecule has 0 fully saturated rings. The predicted octanol–water partition coefficient (Wildman–Crippen LogP) is 4.21. The molecular formula is C30H31NO8. The first-order chi connectivity index (χ1) is 18.7. The number of benzene rings is 3. The van der Waals surface area contributed by atoms with E-state index in [1.54, 1.807) is 72.8 Å². The number of oxime groups is 1. The third-order valence-electron chi connectivity index (χ3n) is 5.75. The molecule has 3 aromatic rings. The number of hydrogen-bond donors (Lipinski definition) is 1. The highest BCUT2D eigenvalue weighted by molar-refractivity contribution is 5.92. The lowest BCUT2D eigenvalue weighted by Gasteiger charge is -2.28. The van der Waals surface area contributed by atoms with Crippen molar-refractivity contribution in [1.29, 1.82) is 0 Å². The van der Waals surface area contributed by atoms with Crippen molar-refractivity contribution in [3.63, 3.8) is 0 Å². The number of carbonyl (C=O) groups is 3. The summed E-state index contributed by atoms with van der Waals surface area (Å²) >= 11 is 0. The Bertz CT molecular complexity index is 1280. The zero-order valence-electron chi connectivity index (χ0n) is 22.2. The molecule has 1 N–H and O–H groups in total. The molecular weight excluding hydrogens is 502 g/mol. The molecule has 0 aliphatic carbocycles. The molecule has 204 valence electrons. The number of hydrogen-bond acceptors (Lipinski definition) is 9. The fourth-order valence-electron chi connectivity index (χ4n) is 3.46. The number of rotatable bonds is 11. The van der Waals surface area contributed by atoms with E-state index in [0.29, 0.717) is 0 Å². The summed E-state index contributed by atoms with van der Waals surface area (Å²) in [5.41, 5.74) is 3.57.